The first-order chi connectivity index (χ1) is 9.17. The third kappa shape index (κ3) is 5.64. The van der Waals surface area contributed by atoms with Crippen molar-refractivity contribution in [2.75, 3.05) is 24.6 Å². The molecule has 0 amide bonds. The van der Waals surface area contributed by atoms with E-state index in [1.54, 1.807) is 0 Å². The SMILES string of the molecule is CCCN(CCCC(=O)O)c1ccc(OCC)cc1. The van der Waals surface area contributed by atoms with Gasteiger partial charge in [-0.25, -0.2) is 0 Å². The first-order valence-electron chi connectivity index (χ1n) is 6.87. The Morgan fingerprint density at radius 2 is 1.89 bits per heavy atom. The summed E-state index contributed by atoms with van der Waals surface area (Å²) in [5, 5.41) is 8.69. The Kier molecular flexibility index (Phi) is 6.79. The first kappa shape index (κ1) is 15.3. The lowest BCUT2D eigenvalue weighted by atomic mass is 10.2. The molecule has 0 radical (unpaired) electrons. The molecular formula is C15H23NO3. The molecule has 4 nitrogen and oxygen atoms in total. The molecule has 0 spiro atoms. The topological polar surface area (TPSA) is 49.8 Å². The molecule has 1 aromatic carbocycles. The highest BCUT2D eigenvalue weighted by atomic mass is 16.5. The van der Waals surface area contributed by atoms with E-state index in [1.807, 2.05) is 31.2 Å². The summed E-state index contributed by atoms with van der Waals surface area (Å²) in [5.41, 5.74) is 1.12. The smallest absolute Gasteiger partial charge is 0.303 e. The van der Waals surface area contributed by atoms with Gasteiger partial charge in [0.05, 0.1) is 6.61 Å². The van der Waals surface area contributed by atoms with Crippen LogP contribution in [0.25, 0.3) is 0 Å². The lowest BCUT2D eigenvalue weighted by molar-refractivity contribution is -0.137. The molecule has 0 heterocycles. The van der Waals surface area contributed by atoms with E-state index >= 15 is 0 Å². The van der Waals surface area contributed by atoms with Gasteiger partial charge in [0.1, 0.15) is 5.75 Å². The second-order valence-corrected chi connectivity index (χ2v) is 4.41. The van der Waals surface area contributed by atoms with E-state index in [1.165, 1.54) is 0 Å². The molecule has 0 bridgehead atoms. The molecule has 0 atom stereocenters. The van der Waals surface area contributed by atoms with Crippen LogP contribution in [0.15, 0.2) is 24.3 Å². The third-order valence-electron chi connectivity index (χ3n) is 2.83. The number of anilines is 1. The predicted molar refractivity (Wildman–Crippen MR) is 77.0 cm³/mol. The molecule has 0 aliphatic heterocycles. The molecule has 1 rings (SSSR count). The summed E-state index contributed by atoms with van der Waals surface area (Å²) in [5.74, 6) is 0.136. The maximum atomic E-state index is 10.6. The van der Waals surface area contributed by atoms with E-state index in [0.717, 1.165) is 30.9 Å². The Morgan fingerprint density at radius 1 is 1.21 bits per heavy atom. The molecule has 0 fully saturated rings. The highest BCUT2D eigenvalue weighted by Gasteiger charge is 2.07. The lowest BCUT2D eigenvalue weighted by Crippen LogP contribution is -2.25. The fraction of sp³-hybridized carbons (Fsp3) is 0.533. The Morgan fingerprint density at radius 3 is 2.42 bits per heavy atom. The zero-order valence-electron chi connectivity index (χ0n) is 11.8. The number of carbonyl (C=O) groups is 1. The van der Waals surface area contributed by atoms with Crippen molar-refractivity contribution >= 4 is 11.7 Å². The predicted octanol–water partition coefficient (Wildman–Crippen LogP) is 3.17. The summed E-state index contributed by atoms with van der Waals surface area (Å²) in [6.07, 6.45) is 1.93. The number of hydrogen-bond acceptors (Lipinski definition) is 3. The standard InChI is InChI=1S/C15H23NO3/c1-3-11-16(12-5-6-15(17)18)13-7-9-14(10-8-13)19-4-2/h7-10H,3-6,11-12H2,1-2H3,(H,17,18). The Bertz CT molecular complexity index is 375. The summed E-state index contributed by atoms with van der Waals surface area (Å²) in [6.45, 7) is 6.46. The van der Waals surface area contributed by atoms with Crippen molar-refractivity contribution in [1.82, 2.24) is 0 Å². The molecule has 106 valence electrons. The van der Waals surface area contributed by atoms with Gasteiger partial charge in [0.2, 0.25) is 0 Å². The van der Waals surface area contributed by atoms with E-state index < -0.39 is 5.97 Å². The maximum Gasteiger partial charge on any atom is 0.303 e. The molecule has 0 aliphatic carbocycles. The van der Waals surface area contributed by atoms with Crippen LogP contribution in [0.1, 0.15) is 33.1 Å². The number of benzene rings is 1. The van der Waals surface area contributed by atoms with Gasteiger partial charge in [-0.3, -0.25) is 4.79 Å². The van der Waals surface area contributed by atoms with Crippen LogP contribution in [-0.2, 0) is 4.79 Å². The first-order valence-corrected chi connectivity index (χ1v) is 6.87. The zero-order chi connectivity index (χ0) is 14.1. The van der Waals surface area contributed by atoms with Gasteiger partial charge in [-0.15, -0.1) is 0 Å². The Labute approximate surface area is 115 Å². The van der Waals surface area contributed by atoms with Crippen molar-refractivity contribution in [1.29, 1.82) is 0 Å². The molecule has 0 saturated heterocycles. The summed E-state index contributed by atoms with van der Waals surface area (Å²) < 4.78 is 5.42. The van der Waals surface area contributed by atoms with Gasteiger partial charge in [0.15, 0.2) is 0 Å². The largest absolute Gasteiger partial charge is 0.494 e. The van der Waals surface area contributed by atoms with Gasteiger partial charge in [-0.05, 0) is 44.0 Å². The molecule has 0 saturated carbocycles. The molecule has 4 heteroatoms. The van der Waals surface area contributed by atoms with Crippen LogP contribution in [0.4, 0.5) is 5.69 Å². The molecule has 0 aliphatic rings. The van der Waals surface area contributed by atoms with Gasteiger partial charge in [0.25, 0.3) is 0 Å². The maximum absolute atomic E-state index is 10.6. The molecular weight excluding hydrogens is 242 g/mol. The summed E-state index contributed by atoms with van der Waals surface area (Å²) in [4.78, 5) is 12.8. The molecule has 1 N–H and O–H groups in total. The minimum atomic E-state index is -0.733. The summed E-state index contributed by atoms with van der Waals surface area (Å²) in [6, 6.07) is 7.97. The van der Waals surface area contributed by atoms with Crippen LogP contribution in [0.5, 0.6) is 5.75 Å². The minimum Gasteiger partial charge on any atom is -0.494 e. The number of rotatable bonds is 9. The van der Waals surface area contributed by atoms with Crippen LogP contribution < -0.4 is 9.64 Å². The van der Waals surface area contributed by atoms with Gasteiger partial charge in [-0.2, -0.15) is 0 Å². The Hall–Kier alpha value is -1.71. The van der Waals surface area contributed by atoms with E-state index in [9.17, 15) is 4.79 Å². The van der Waals surface area contributed by atoms with Crippen molar-refractivity contribution in [3.63, 3.8) is 0 Å². The average molecular weight is 265 g/mol. The van der Waals surface area contributed by atoms with E-state index in [2.05, 4.69) is 11.8 Å². The van der Waals surface area contributed by atoms with Crippen LogP contribution in [-0.4, -0.2) is 30.8 Å². The second kappa shape index (κ2) is 8.40. The van der Waals surface area contributed by atoms with Gasteiger partial charge in [0, 0.05) is 25.2 Å². The van der Waals surface area contributed by atoms with Crippen molar-refractivity contribution in [3.8, 4) is 5.75 Å². The second-order valence-electron chi connectivity index (χ2n) is 4.41. The molecule has 0 unspecified atom stereocenters. The van der Waals surface area contributed by atoms with Crippen LogP contribution in [0.2, 0.25) is 0 Å². The molecule has 1 aromatic rings. The summed E-state index contributed by atoms with van der Waals surface area (Å²) in [7, 11) is 0. The Balaban J connectivity index is 2.61. The highest BCUT2D eigenvalue weighted by molar-refractivity contribution is 5.66. The van der Waals surface area contributed by atoms with Crippen LogP contribution >= 0.6 is 0 Å². The fourth-order valence-corrected chi connectivity index (χ4v) is 1.98. The lowest BCUT2D eigenvalue weighted by Gasteiger charge is -2.24. The highest BCUT2D eigenvalue weighted by Crippen LogP contribution is 2.20. The minimum absolute atomic E-state index is 0.219. The number of hydrogen-bond donors (Lipinski definition) is 1. The number of aliphatic carboxylic acids is 1. The van der Waals surface area contributed by atoms with Crippen molar-refractivity contribution in [2.24, 2.45) is 0 Å². The molecule has 0 aromatic heterocycles. The van der Waals surface area contributed by atoms with Crippen molar-refractivity contribution in [3.05, 3.63) is 24.3 Å². The summed E-state index contributed by atoms with van der Waals surface area (Å²) >= 11 is 0. The van der Waals surface area contributed by atoms with E-state index in [-0.39, 0.29) is 6.42 Å². The zero-order valence-corrected chi connectivity index (χ0v) is 11.8. The monoisotopic (exact) mass is 265 g/mol. The number of carboxylic acid groups (broad SMARTS) is 1. The van der Waals surface area contributed by atoms with Gasteiger partial charge in [-0.1, -0.05) is 6.92 Å². The van der Waals surface area contributed by atoms with E-state index in [4.69, 9.17) is 9.84 Å². The number of carboxylic acids is 1. The quantitative estimate of drug-likeness (QED) is 0.745. The average Bonchev–Trinajstić information content (AvgIpc) is 2.39. The normalized spacial score (nSPS) is 10.2. The van der Waals surface area contributed by atoms with Crippen molar-refractivity contribution < 1.29 is 14.6 Å². The van der Waals surface area contributed by atoms with E-state index in [0.29, 0.717) is 13.0 Å². The fourth-order valence-electron chi connectivity index (χ4n) is 1.98. The number of nitrogens with zero attached hydrogens (tertiary/aromatic N) is 1. The van der Waals surface area contributed by atoms with Crippen LogP contribution in [0.3, 0.4) is 0 Å². The van der Waals surface area contributed by atoms with Crippen LogP contribution in [0, 0.1) is 0 Å². The third-order valence-corrected chi connectivity index (χ3v) is 2.83. The molecule has 19 heavy (non-hydrogen) atoms. The van der Waals surface area contributed by atoms with Crippen molar-refractivity contribution in [2.45, 2.75) is 33.1 Å². The van der Waals surface area contributed by atoms with Gasteiger partial charge >= 0.3 is 5.97 Å². The van der Waals surface area contributed by atoms with Gasteiger partial charge < -0.3 is 14.7 Å². The number of ether oxygens (including phenoxy) is 1.